The van der Waals surface area contributed by atoms with Crippen LogP contribution in [0.5, 0.6) is 0 Å². The molecule has 0 aromatic heterocycles. The zero-order valence-electron chi connectivity index (χ0n) is 12.2. The average Bonchev–Trinajstić information content (AvgIpc) is 2.72. The van der Waals surface area contributed by atoms with Crippen LogP contribution in [-0.4, -0.2) is 18.3 Å². The van der Waals surface area contributed by atoms with E-state index >= 15 is 0 Å². The lowest BCUT2D eigenvalue weighted by molar-refractivity contribution is 0.608. The molecule has 3 heteroatoms. The topological polar surface area (TPSA) is 12.0 Å². The quantitative estimate of drug-likeness (QED) is 0.565. The molecule has 0 heterocycles. The van der Waals surface area contributed by atoms with Crippen molar-refractivity contribution in [3.63, 3.8) is 0 Å². The number of allylic oxidation sites excluding steroid dienone is 1. The molecule has 20 heavy (non-hydrogen) atoms. The van der Waals surface area contributed by atoms with Crippen molar-refractivity contribution in [2.45, 2.75) is 50.0 Å². The van der Waals surface area contributed by atoms with Gasteiger partial charge in [0.1, 0.15) is 0 Å². The summed E-state index contributed by atoms with van der Waals surface area (Å²) in [6.45, 7) is 3.21. The summed E-state index contributed by atoms with van der Waals surface area (Å²) in [6, 6.07) is 8.65. The maximum absolute atomic E-state index is 6.05. The molecule has 0 fully saturated rings. The van der Waals surface area contributed by atoms with Crippen LogP contribution in [0.1, 0.15) is 39.0 Å². The maximum atomic E-state index is 6.05. The molecule has 110 valence electrons. The van der Waals surface area contributed by atoms with E-state index in [4.69, 9.17) is 11.6 Å². The largest absolute Gasteiger partial charge is 0.310 e. The van der Waals surface area contributed by atoms with E-state index < -0.39 is 0 Å². The minimum Gasteiger partial charge on any atom is -0.310 e. The van der Waals surface area contributed by atoms with Gasteiger partial charge >= 0.3 is 0 Å². The Bertz CT molecular complexity index is 444. The Morgan fingerprint density at radius 3 is 3.00 bits per heavy atom. The minimum atomic E-state index is 0.502. The van der Waals surface area contributed by atoms with Crippen LogP contribution in [0.3, 0.4) is 0 Å². The van der Waals surface area contributed by atoms with Gasteiger partial charge in [0.25, 0.3) is 0 Å². The van der Waals surface area contributed by atoms with Gasteiger partial charge < -0.3 is 5.32 Å². The predicted molar refractivity (Wildman–Crippen MR) is 90.8 cm³/mol. The summed E-state index contributed by atoms with van der Waals surface area (Å²) in [5.41, 5.74) is 1.61. The van der Waals surface area contributed by atoms with Crippen LogP contribution in [0.2, 0.25) is 5.02 Å². The highest BCUT2D eigenvalue weighted by Gasteiger charge is 2.15. The molecule has 0 saturated carbocycles. The Morgan fingerprint density at radius 2 is 2.20 bits per heavy atom. The second kappa shape index (κ2) is 8.76. The Balaban J connectivity index is 1.96. The maximum Gasteiger partial charge on any atom is 0.0417 e. The van der Waals surface area contributed by atoms with Crippen LogP contribution < -0.4 is 5.32 Å². The van der Waals surface area contributed by atoms with Crippen molar-refractivity contribution in [3.8, 4) is 0 Å². The molecule has 2 rings (SSSR count). The Hall–Kier alpha value is -0.440. The molecule has 1 unspecified atom stereocenters. The molecule has 1 aliphatic rings. The number of hydrogen-bond donors (Lipinski definition) is 1. The highest BCUT2D eigenvalue weighted by atomic mass is 35.5. The van der Waals surface area contributed by atoms with Crippen molar-refractivity contribution in [3.05, 3.63) is 40.9 Å². The molecule has 0 bridgehead atoms. The van der Waals surface area contributed by atoms with Crippen LogP contribution in [0.15, 0.2) is 40.8 Å². The Morgan fingerprint density at radius 1 is 1.30 bits per heavy atom. The van der Waals surface area contributed by atoms with Crippen LogP contribution in [0.25, 0.3) is 0 Å². The van der Waals surface area contributed by atoms with Crippen molar-refractivity contribution in [1.82, 2.24) is 5.32 Å². The summed E-state index contributed by atoms with van der Waals surface area (Å²) < 4.78 is 0. The lowest BCUT2D eigenvalue weighted by atomic mass is 10.0. The molecule has 0 amide bonds. The minimum absolute atomic E-state index is 0.502. The zero-order valence-corrected chi connectivity index (χ0v) is 13.8. The van der Waals surface area contributed by atoms with E-state index in [0.717, 1.165) is 17.3 Å². The highest BCUT2D eigenvalue weighted by molar-refractivity contribution is 7.99. The van der Waals surface area contributed by atoms with Crippen molar-refractivity contribution in [2.75, 3.05) is 12.3 Å². The number of rotatable bonds is 6. The summed E-state index contributed by atoms with van der Waals surface area (Å²) in [5, 5.41) is 4.47. The lowest BCUT2D eigenvalue weighted by Crippen LogP contribution is -2.33. The molecule has 0 spiro atoms. The van der Waals surface area contributed by atoms with Crippen LogP contribution >= 0.6 is 23.4 Å². The molecule has 1 nitrogen and oxygen atoms in total. The van der Waals surface area contributed by atoms with Crippen LogP contribution in [0, 0.1) is 0 Å². The Labute approximate surface area is 132 Å². The fourth-order valence-corrected chi connectivity index (χ4v) is 3.97. The van der Waals surface area contributed by atoms with Gasteiger partial charge in [-0.05, 0) is 50.4 Å². The standard InChI is InChI=1S/C17H24ClNS/c1-2-19-17(14-8-5-3-4-6-9-14)13-20-16-11-7-10-15(18)12-16/h7-8,10-12,17,19H,2-6,9,13H2,1H3. The van der Waals surface area contributed by atoms with Crippen LogP contribution in [-0.2, 0) is 0 Å². The summed E-state index contributed by atoms with van der Waals surface area (Å²) in [7, 11) is 0. The van der Waals surface area contributed by atoms with Gasteiger partial charge in [-0.3, -0.25) is 0 Å². The SMILES string of the molecule is CCNC(CSc1cccc(Cl)c1)C1=CCCCCC1. The van der Waals surface area contributed by atoms with Gasteiger partial charge in [-0.1, -0.05) is 42.7 Å². The summed E-state index contributed by atoms with van der Waals surface area (Å²) in [6.07, 6.45) is 9.05. The molecular weight excluding hydrogens is 286 g/mol. The first-order valence-electron chi connectivity index (χ1n) is 7.60. The van der Waals surface area contributed by atoms with Gasteiger partial charge in [0.15, 0.2) is 0 Å². The monoisotopic (exact) mass is 309 g/mol. The number of halogens is 1. The second-order valence-electron chi connectivity index (χ2n) is 5.26. The normalized spacial score (nSPS) is 17.4. The second-order valence-corrected chi connectivity index (χ2v) is 6.79. The van der Waals surface area contributed by atoms with E-state index in [9.17, 15) is 0 Å². The zero-order chi connectivity index (χ0) is 14.2. The van der Waals surface area contributed by atoms with Crippen LogP contribution in [0.4, 0.5) is 0 Å². The van der Waals surface area contributed by atoms with E-state index in [1.165, 1.54) is 37.0 Å². The Kier molecular flexibility index (Phi) is 6.98. The van der Waals surface area contributed by atoms with Gasteiger partial charge in [0.2, 0.25) is 0 Å². The molecule has 1 N–H and O–H groups in total. The van der Waals surface area contributed by atoms with E-state index in [1.54, 1.807) is 5.57 Å². The summed E-state index contributed by atoms with van der Waals surface area (Å²) in [4.78, 5) is 1.26. The van der Waals surface area contributed by atoms with Gasteiger partial charge in [0, 0.05) is 21.7 Å². The smallest absolute Gasteiger partial charge is 0.0417 e. The number of nitrogens with one attached hydrogen (secondary N) is 1. The van der Waals surface area contributed by atoms with E-state index in [-0.39, 0.29) is 0 Å². The van der Waals surface area contributed by atoms with Gasteiger partial charge in [-0.25, -0.2) is 0 Å². The first-order chi connectivity index (χ1) is 9.79. The van der Waals surface area contributed by atoms with Crippen molar-refractivity contribution < 1.29 is 0 Å². The molecule has 1 aromatic carbocycles. The molecule has 0 saturated heterocycles. The highest BCUT2D eigenvalue weighted by Crippen LogP contribution is 2.26. The molecule has 0 radical (unpaired) electrons. The first-order valence-corrected chi connectivity index (χ1v) is 8.96. The van der Waals surface area contributed by atoms with Crippen molar-refractivity contribution >= 4 is 23.4 Å². The molecule has 1 atom stereocenters. The van der Waals surface area contributed by atoms with Gasteiger partial charge in [-0.15, -0.1) is 11.8 Å². The molecule has 1 aliphatic carbocycles. The number of thioether (sulfide) groups is 1. The van der Waals surface area contributed by atoms with E-state index in [0.29, 0.717) is 6.04 Å². The van der Waals surface area contributed by atoms with E-state index in [1.807, 2.05) is 23.9 Å². The summed E-state index contributed by atoms with van der Waals surface area (Å²) >= 11 is 7.95. The van der Waals surface area contributed by atoms with Gasteiger partial charge in [0.05, 0.1) is 0 Å². The summed E-state index contributed by atoms with van der Waals surface area (Å²) in [5.74, 6) is 1.08. The van der Waals surface area contributed by atoms with Crippen molar-refractivity contribution in [1.29, 1.82) is 0 Å². The number of benzene rings is 1. The van der Waals surface area contributed by atoms with E-state index in [2.05, 4.69) is 30.4 Å². The first kappa shape index (κ1) is 15.9. The molecule has 0 aliphatic heterocycles. The molecule has 1 aromatic rings. The fourth-order valence-electron chi connectivity index (χ4n) is 2.64. The predicted octanol–water partition coefficient (Wildman–Crippen LogP) is 5.30. The lowest BCUT2D eigenvalue weighted by Gasteiger charge is -2.21. The number of likely N-dealkylation sites (N-methyl/N-ethyl adjacent to an activating group) is 1. The van der Waals surface area contributed by atoms with Gasteiger partial charge in [-0.2, -0.15) is 0 Å². The van der Waals surface area contributed by atoms with Crippen molar-refractivity contribution in [2.24, 2.45) is 0 Å². The third-order valence-electron chi connectivity index (χ3n) is 3.69. The third-order valence-corrected chi connectivity index (χ3v) is 5.01. The average molecular weight is 310 g/mol. The third kappa shape index (κ3) is 5.16. The molecular formula is C17H24ClNS. The fraction of sp³-hybridized carbons (Fsp3) is 0.529. The number of hydrogen-bond acceptors (Lipinski definition) is 2.